The number of alkyl halides is 1. The van der Waals surface area contributed by atoms with Crippen LogP contribution in [-0.4, -0.2) is 26.7 Å². The van der Waals surface area contributed by atoms with Crippen molar-refractivity contribution in [2.24, 2.45) is 0 Å². The number of hydrogen-bond donors (Lipinski definition) is 0. The van der Waals surface area contributed by atoms with Crippen LogP contribution in [0.15, 0.2) is 0 Å². The molecular formula is C4H9ClO3S. The third-order valence-electron chi connectivity index (χ3n) is 0.556. The Kier molecular flexibility index (Phi) is 3.46. The lowest BCUT2D eigenvalue weighted by Crippen LogP contribution is -2.14. The van der Waals surface area contributed by atoms with Crippen molar-refractivity contribution in [2.75, 3.05) is 12.1 Å². The van der Waals surface area contributed by atoms with Crippen LogP contribution in [0.25, 0.3) is 0 Å². The van der Waals surface area contributed by atoms with Gasteiger partial charge in [0.15, 0.2) is 0 Å². The van der Waals surface area contributed by atoms with Gasteiger partial charge < -0.3 is 0 Å². The van der Waals surface area contributed by atoms with Crippen molar-refractivity contribution < 1.29 is 12.6 Å². The quantitative estimate of drug-likeness (QED) is 0.462. The number of halogens is 1. The number of rotatable bonds is 3. The van der Waals surface area contributed by atoms with Gasteiger partial charge in [-0.05, 0) is 6.92 Å². The highest BCUT2D eigenvalue weighted by Crippen LogP contribution is 1.97. The minimum Gasteiger partial charge on any atom is -0.266 e. The summed E-state index contributed by atoms with van der Waals surface area (Å²) >= 11 is 5.27. The summed E-state index contributed by atoms with van der Waals surface area (Å²) in [7, 11) is -3.32. The molecule has 3 nitrogen and oxygen atoms in total. The van der Waals surface area contributed by atoms with Crippen LogP contribution in [-0.2, 0) is 14.3 Å². The first-order valence-electron chi connectivity index (χ1n) is 2.40. The van der Waals surface area contributed by atoms with Gasteiger partial charge in [0.2, 0.25) is 0 Å². The Balaban J connectivity index is 3.75. The van der Waals surface area contributed by atoms with Crippen molar-refractivity contribution in [1.82, 2.24) is 0 Å². The molecule has 0 radical (unpaired) electrons. The molecule has 0 rings (SSSR count). The van der Waals surface area contributed by atoms with Gasteiger partial charge in [0.1, 0.15) is 0 Å². The molecule has 56 valence electrons. The maximum Gasteiger partial charge on any atom is 0.264 e. The molecule has 5 heteroatoms. The van der Waals surface area contributed by atoms with Crippen LogP contribution < -0.4 is 0 Å². The average Bonchev–Trinajstić information content (AvgIpc) is 1.62. The molecule has 1 atom stereocenters. The zero-order valence-electron chi connectivity index (χ0n) is 5.30. The summed E-state index contributed by atoms with van der Waals surface area (Å²) in [5.74, 6) is 0.188. The van der Waals surface area contributed by atoms with Gasteiger partial charge >= 0.3 is 0 Å². The summed E-state index contributed by atoms with van der Waals surface area (Å²) in [5.41, 5.74) is 0. The van der Waals surface area contributed by atoms with E-state index in [1.54, 1.807) is 6.92 Å². The van der Waals surface area contributed by atoms with E-state index in [0.717, 1.165) is 6.26 Å². The lowest BCUT2D eigenvalue weighted by Gasteiger charge is -2.04. The van der Waals surface area contributed by atoms with E-state index in [2.05, 4.69) is 4.18 Å². The van der Waals surface area contributed by atoms with E-state index in [9.17, 15) is 8.42 Å². The number of hydrogen-bond acceptors (Lipinski definition) is 3. The maximum absolute atomic E-state index is 10.3. The first kappa shape index (κ1) is 9.20. The van der Waals surface area contributed by atoms with Crippen LogP contribution in [0.2, 0.25) is 0 Å². The Morgan fingerprint density at radius 2 is 2.11 bits per heavy atom. The molecule has 0 heterocycles. The predicted octanol–water partition coefficient (Wildman–Crippen LogP) is 0.590. The lowest BCUT2D eigenvalue weighted by atomic mass is 10.5. The third kappa shape index (κ3) is 6.08. The molecule has 0 aromatic heterocycles. The van der Waals surface area contributed by atoms with E-state index >= 15 is 0 Å². The molecule has 0 aromatic rings. The van der Waals surface area contributed by atoms with Crippen LogP contribution >= 0.6 is 11.6 Å². The van der Waals surface area contributed by atoms with Crippen molar-refractivity contribution in [2.45, 2.75) is 13.0 Å². The van der Waals surface area contributed by atoms with E-state index in [-0.39, 0.29) is 5.88 Å². The zero-order valence-corrected chi connectivity index (χ0v) is 6.87. The molecular weight excluding hydrogens is 164 g/mol. The smallest absolute Gasteiger partial charge is 0.264 e. The van der Waals surface area contributed by atoms with Crippen LogP contribution in [0.5, 0.6) is 0 Å². The monoisotopic (exact) mass is 172 g/mol. The second-order valence-corrected chi connectivity index (χ2v) is 3.67. The topological polar surface area (TPSA) is 43.4 Å². The molecule has 0 amide bonds. The largest absolute Gasteiger partial charge is 0.266 e. The fourth-order valence-corrected chi connectivity index (χ4v) is 1.13. The van der Waals surface area contributed by atoms with Gasteiger partial charge in [-0.1, -0.05) is 0 Å². The van der Waals surface area contributed by atoms with Crippen LogP contribution in [0.3, 0.4) is 0 Å². The SMILES string of the molecule is CC(CCl)OS(C)(=O)=O. The molecule has 0 N–H and O–H groups in total. The average molecular weight is 173 g/mol. The second-order valence-electron chi connectivity index (χ2n) is 1.77. The molecule has 0 spiro atoms. The summed E-state index contributed by atoms with van der Waals surface area (Å²) in [5, 5.41) is 0. The Morgan fingerprint density at radius 3 is 2.22 bits per heavy atom. The predicted molar refractivity (Wildman–Crippen MR) is 36.1 cm³/mol. The maximum atomic E-state index is 10.3. The van der Waals surface area contributed by atoms with E-state index in [1.807, 2.05) is 0 Å². The zero-order chi connectivity index (χ0) is 7.49. The first-order chi connectivity index (χ1) is 3.95. The Bertz CT molecular complexity index is 163. The highest BCUT2D eigenvalue weighted by Gasteiger charge is 2.07. The van der Waals surface area contributed by atoms with Crippen molar-refractivity contribution in [1.29, 1.82) is 0 Å². The normalized spacial score (nSPS) is 15.4. The molecule has 0 saturated heterocycles. The van der Waals surface area contributed by atoms with E-state index in [1.165, 1.54) is 0 Å². The minimum atomic E-state index is -3.32. The highest BCUT2D eigenvalue weighted by atomic mass is 35.5. The summed E-state index contributed by atoms with van der Waals surface area (Å²) < 4.78 is 25.1. The first-order valence-corrected chi connectivity index (χ1v) is 4.75. The molecule has 1 unspecified atom stereocenters. The molecule has 0 saturated carbocycles. The molecule has 0 aliphatic carbocycles. The van der Waals surface area contributed by atoms with Crippen molar-refractivity contribution in [3.05, 3.63) is 0 Å². The summed E-state index contributed by atoms with van der Waals surface area (Å²) in [6.45, 7) is 1.59. The summed E-state index contributed by atoms with van der Waals surface area (Å²) in [6.07, 6.45) is 0.567. The molecule has 0 bridgehead atoms. The molecule has 0 aromatic carbocycles. The van der Waals surface area contributed by atoms with Gasteiger partial charge in [0.05, 0.1) is 12.4 Å². The highest BCUT2D eigenvalue weighted by molar-refractivity contribution is 7.86. The van der Waals surface area contributed by atoms with Crippen molar-refractivity contribution in [3.8, 4) is 0 Å². The Morgan fingerprint density at radius 1 is 1.67 bits per heavy atom. The van der Waals surface area contributed by atoms with Gasteiger partial charge in [-0.2, -0.15) is 8.42 Å². The fourth-order valence-electron chi connectivity index (χ4n) is 0.324. The second kappa shape index (κ2) is 3.39. The van der Waals surface area contributed by atoms with Crippen LogP contribution in [0, 0.1) is 0 Å². The summed E-state index contributed by atoms with van der Waals surface area (Å²) in [4.78, 5) is 0. The van der Waals surface area contributed by atoms with Gasteiger partial charge in [-0.25, -0.2) is 0 Å². The van der Waals surface area contributed by atoms with Crippen LogP contribution in [0.4, 0.5) is 0 Å². The van der Waals surface area contributed by atoms with Gasteiger partial charge in [0, 0.05) is 5.88 Å². The Labute approximate surface area is 60.1 Å². The Hall–Kier alpha value is 0.200. The van der Waals surface area contributed by atoms with Gasteiger partial charge in [-0.3, -0.25) is 4.18 Å². The fraction of sp³-hybridized carbons (Fsp3) is 1.00. The van der Waals surface area contributed by atoms with E-state index in [4.69, 9.17) is 11.6 Å². The van der Waals surface area contributed by atoms with E-state index < -0.39 is 16.2 Å². The molecule has 0 aliphatic heterocycles. The summed E-state index contributed by atoms with van der Waals surface area (Å²) in [6, 6.07) is 0. The molecule has 0 fully saturated rings. The van der Waals surface area contributed by atoms with Gasteiger partial charge in [-0.15, -0.1) is 11.6 Å². The van der Waals surface area contributed by atoms with Crippen molar-refractivity contribution >= 4 is 21.7 Å². The van der Waals surface area contributed by atoms with E-state index in [0.29, 0.717) is 0 Å². The van der Waals surface area contributed by atoms with Crippen LogP contribution in [0.1, 0.15) is 6.92 Å². The molecule has 0 aliphatic rings. The van der Waals surface area contributed by atoms with Crippen molar-refractivity contribution in [3.63, 3.8) is 0 Å². The minimum absolute atomic E-state index is 0.188. The third-order valence-corrected chi connectivity index (χ3v) is 1.67. The van der Waals surface area contributed by atoms with Gasteiger partial charge in [0.25, 0.3) is 10.1 Å². The molecule has 9 heavy (non-hydrogen) atoms. The lowest BCUT2D eigenvalue weighted by molar-refractivity contribution is 0.254. The standard InChI is InChI=1S/C4H9ClO3S/c1-4(3-5)8-9(2,6)7/h4H,3H2,1-2H3.